The van der Waals surface area contributed by atoms with Crippen molar-refractivity contribution in [3.63, 3.8) is 0 Å². The van der Waals surface area contributed by atoms with E-state index in [4.69, 9.17) is 5.11 Å². The third-order valence-electron chi connectivity index (χ3n) is 3.31. The maximum Gasteiger partial charge on any atom is 0.407 e. The molecule has 1 saturated carbocycles. The number of carbonyl (C=O) groups is 1. The summed E-state index contributed by atoms with van der Waals surface area (Å²) in [5, 5.41) is 18.4. The summed E-state index contributed by atoms with van der Waals surface area (Å²) in [7, 11) is 0. The molecule has 0 saturated heterocycles. The van der Waals surface area contributed by atoms with Crippen molar-refractivity contribution in [3.8, 4) is 0 Å². The molecule has 0 aliphatic heterocycles. The Morgan fingerprint density at radius 1 is 1.38 bits per heavy atom. The van der Waals surface area contributed by atoms with E-state index in [2.05, 4.69) is 0 Å². The molecule has 94 valence electrons. The van der Waals surface area contributed by atoms with Gasteiger partial charge in [0, 0.05) is 18.2 Å². The van der Waals surface area contributed by atoms with Crippen molar-refractivity contribution < 1.29 is 15.0 Å². The summed E-state index contributed by atoms with van der Waals surface area (Å²) in [6, 6.07) is 0.0587. The molecule has 4 nitrogen and oxygen atoms in total. The van der Waals surface area contributed by atoms with Crippen molar-refractivity contribution in [1.82, 2.24) is 4.90 Å². The van der Waals surface area contributed by atoms with Gasteiger partial charge in [-0.05, 0) is 46.0 Å². The fourth-order valence-electron chi connectivity index (χ4n) is 2.65. The number of aliphatic hydroxyl groups excluding tert-OH is 1. The predicted molar refractivity (Wildman–Crippen MR) is 62.4 cm³/mol. The molecular formula is C12H23NO3. The standard InChI is InChI=1S/C12H23NO3/c1-12(2,3)13(11(15)16)10-6-4-5-9(7-10)8-14/h9-10,14H,4-8H2,1-3H3,(H,15,16). The van der Waals surface area contributed by atoms with Gasteiger partial charge in [-0.1, -0.05) is 6.42 Å². The first-order valence-electron chi connectivity index (χ1n) is 5.99. The monoisotopic (exact) mass is 229 g/mol. The van der Waals surface area contributed by atoms with Gasteiger partial charge in [0.1, 0.15) is 0 Å². The van der Waals surface area contributed by atoms with Crippen LogP contribution in [0.25, 0.3) is 0 Å². The van der Waals surface area contributed by atoms with E-state index in [1.54, 1.807) is 4.90 Å². The van der Waals surface area contributed by atoms with Gasteiger partial charge >= 0.3 is 6.09 Å². The lowest BCUT2D eigenvalue weighted by Crippen LogP contribution is -2.52. The van der Waals surface area contributed by atoms with Crippen LogP contribution in [0.3, 0.4) is 0 Å². The minimum absolute atomic E-state index is 0.0587. The minimum atomic E-state index is -0.851. The average Bonchev–Trinajstić information content (AvgIpc) is 2.15. The molecule has 1 rings (SSSR count). The highest BCUT2D eigenvalue weighted by atomic mass is 16.4. The molecule has 1 aliphatic carbocycles. The SMILES string of the molecule is CC(C)(C)N(C(=O)O)C1CCCC(CO)C1. The summed E-state index contributed by atoms with van der Waals surface area (Å²) < 4.78 is 0. The van der Waals surface area contributed by atoms with Gasteiger partial charge in [0.05, 0.1) is 0 Å². The average molecular weight is 229 g/mol. The van der Waals surface area contributed by atoms with Crippen LogP contribution in [0.15, 0.2) is 0 Å². The molecule has 0 aromatic rings. The van der Waals surface area contributed by atoms with Gasteiger partial charge in [-0.15, -0.1) is 0 Å². The number of aliphatic hydroxyl groups is 1. The highest BCUT2D eigenvalue weighted by Gasteiger charge is 2.35. The van der Waals surface area contributed by atoms with Crippen molar-refractivity contribution in [1.29, 1.82) is 0 Å². The third-order valence-corrected chi connectivity index (χ3v) is 3.31. The molecule has 0 aromatic heterocycles. The second-order valence-corrected chi connectivity index (χ2v) is 5.69. The van der Waals surface area contributed by atoms with E-state index < -0.39 is 6.09 Å². The Hall–Kier alpha value is -0.770. The summed E-state index contributed by atoms with van der Waals surface area (Å²) in [5.41, 5.74) is -0.367. The second-order valence-electron chi connectivity index (χ2n) is 5.69. The first-order valence-corrected chi connectivity index (χ1v) is 5.99. The number of amides is 1. The molecule has 2 atom stereocenters. The van der Waals surface area contributed by atoms with Crippen molar-refractivity contribution in [2.45, 2.75) is 58.0 Å². The molecule has 0 heterocycles. The molecule has 1 fully saturated rings. The number of carboxylic acid groups (broad SMARTS) is 1. The summed E-state index contributed by atoms with van der Waals surface area (Å²) in [6.07, 6.45) is 2.89. The van der Waals surface area contributed by atoms with Gasteiger partial charge in [-0.3, -0.25) is 0 Å². The maximum absolute atomic E-state index is 11.3. The summed E-state index contributed by atoms with van der Waals surface area (Å²) in [5.74, 6) is 0.267. The van der Waals surface area contributed by atoms with Crippen molar-refractivity contribution in [2.24, 2.45) is 5.92 Å². The van der Waals surface area contributed by atoms with Gasteiger partial charge in [-0.2, -0.15) is 0 Å². The van der Waals surface area contributed by atoms with E-state index in [9.17, 15) is 9.90 Å². The number of hydrogen-bond acceptors (Lipinski definition) is 2. The predicted octanol–water partition coefficient (Wildman–Crippen LogP) is 2.32. The zero-order chi connectivity index (χ0) is 12.3. The van der Waals surface area contributed by atoms with Crippen LogP contribution in [0.5, 0.6) is 0 Å². The topological polar surface area (TPSA) is 60.8 Å². The molecule has 2 N–H and O–H groups in total. The van der Waals surface area contributed by atoms with E-state index in [0.717, 1.165) is 25.7 Å². The molecule has 1 amide bonds. The van der Waals surface area contributed by atoms with Crippen molar-refractivity contribution in [3.05, 3.63) is 0 Å². The normalized spacial score (nSPS) is 26.5. The van der Waals surface area contributed by atoms with E-state index in [1.165, 1.54) is 0 Å². The van der Waals surface area contributed by atoms with Crippen LogP contribution in [-0.4, -0.2) is 39.4 Å². The number of nitrogens with zero attached hydrogens (tertiary/aromatic N) is 1. The molecule has 2 unspecified atom stereocenters. The molecule has 1 aliphatic rings. The quantitative estimate of drug-likeness (QED) is 0.764. The molecule has 0 spiro atoms. The van der Waals surface area contributed by atoms with Crippen molar-refractivity contribution in [2.75, 3.05) is 6.61 Å². The summed E-state index contributed by atoms with van der Waals surface area (Å²) in [4.78, 5) is 12.9. The molecule has 0 radical (unpaired) electrons. The first kappa shape index (κ1) is 13.3. The zero-order valence-corrected chi connectivity index (χ0v) is 10.4. The highest BCUT2D eigenvalue weighted by Crippen LogP contribution is 2.31. The lowest BCUT2D eigenvalue weighted by molar-refractivity contribution is 0.0393. The minimum Gasteiger partial charge on any atom is -0.465 e. The fourth-order valence-corrected chi connectivity index (χ4v) is 2.65. The Balaban J connectivity index is 2.75. The molecule has 0 aromatic carbocycles. The van der Waals surface area contributed by atoms with Crippen LogP contribution in [0.4, 0.5) is 4.79 Å². The van der Waals surface area contributed by atoms with Gasteiger partial charge in [0.25, 0.3) is 0 Å². The van der Waals surface area contributed by atoms with Crippen LogP contribution < -0.4 is 0 Å². The Bertz CT molecular complexity index is 247. The lowest BCUT2D eigenvalue weighted by Gasteiger charge is -2.42. The summed E-state index contributed by atoms with van der Waals surface area (Å²) in [6.45, 7) is 5.94. The Labute approximate surface area is 97.3 Å². The Morgan fingerprint density at radius 3 is 2.44 bits per heavy atom. The van der Waals surface area contributed by atoms with Gasteiger partial charge < -0.3 is 15.1 Å². The second kappa shape index (κ2) is 5.04. The molecule has 4 heteroatoms. The smallest absolute Gasteiger partial charge is 0.407 e. The van der Waals surface area contributed by atoms with Gasteiger partial charge in [0.2, 0.25) is 0 Å². The molecule has 0 bridgehead atoms. The van der Waals surface area contributed by atoms with Gasteiger partial charge in [0.15, 0.2) is 0 Å². The van der Waals surface area contributed by atoms with E-state index in [-0.39, 0.29) is 24.1 Å². The van der Waals surface area contributed by atoms with E-state index in [1.807, 2.05) is 20.8 Å². The Kier molecular flexibility index (Phi) is 4.19. The van der Waals surface area contributed by atoms with E-state index >= 15 is 0 Å². The maximum atomic E-state index is 11.3. The highest BCUT2D eigenvalue weighted by molar-refractivity contribution is 5.66. The third kappa shape index (κ3) is 3.11. The zero-order valence-electron chi connectivity index (χ0n) is 10.4. The lowest BCUT2D eigenvalue weighted by atomic mass is 9.84. The van der Waals surface area contributed by atoms with Crippen molar-refractivity contribution >= 4 is 6.09 Å². The van der Waals surface area contributed by atoms with E-state index in [0.29, 0.717) is 0 Å². The van der Waals surface area contributed by atoms with Crippen LogP contribution in [0, 0.1) is 5.92 Å². The Morgan fingerprint density at radius 2 is 2.00 bits per heavy atom. The van der Waals surface area contributed by atoms with Gasteiger partial charge in [-0.25, -0.2) is 4.79 Å². The van der Waals surface area contributed by atoms with Crippen LogP contribution >= 0.6 is 0 Å². The first-order chi connectivity index (χ1) is 7.36. The largest absolute Gasteiger partial charge is 0.465 e. The fraction of sp³-hybridized carbons (Fsp3) is 0.917. The molecular weight excluding hydrogens is 206 g/mol. The summed E-state index contributed by atoms with van der Waals surface area (Å²) >= 11 is 0. The number of rotatable bonds is 2. The number of hydrogen-bond donors (Lipinski definition) is 2. The van der Waals surface area contributed by atoms with Crippen LogP contribution in [0.2, 0.25) is 0 Å². The van der Waals surface area contributed by atoms with Crippen LogP contribution in [-0.2, 0) is 0 Å². The molecule has 16 heavy (non-hydrogen) atoms. The van der Waals surface area contributed by atoms with Crippen LogP contribution in [0.1, 0.15) is 46.5 Å².